The van der Waals surface area contributed by atoms with Gasteiger partial charge in [-0.15, -0.1) is 0 Å². The van der Waals surface area contributed by atoms with Gasteiger partial charge in [-0.2, -0.15) is 5.26 Å². The number of hydrogen-bond acceptors (Lipinski definition) is 4. The molecule has 0 amide bonds. The number of Topliss-reactive ketones (excluding diaryl/α,β-unsaturated/α-hetero) is 1. The maximum Gasteiger partial charge on any atom is 0.345 e. The molecule has 4 nitrogen and oxygen atoms in total. The Labute approximate surface area is 101 Å². The predicted octanol–water partition coefficient (Wildman–Crippen LogP) is 1.70. The maximum atomic E-state index is 11.9. The molecule has 16 heavy (non-hydrogen) atoms. The molecule has 82 valence electrons. The lowest BCUT2D eigenvalue weighted by atomic mass is 9.99. The number of benzene rings is 1. The first-order valence-electron chi connectivity index (χ1n) is 4.34. The van der Waals surface area contributed by atoms with Gasteiger partial charge in [0, 0.05) is 5.56 Å². The molecule has 1 aromatic rings. The van der Waals surface area contributed by atoms with Crippen LogP contribution in [0.1, 0.15) is 10.4 Å². The molecule has 0 saturated carbocycles. The minimum Gasteiger partial charge on any atom is -0.467 e. The third-order valence-corrected chi connectivity index (χ3v) is 2.83. The minimum absolute atomic E-state index is 0.270. The molecule has 1 unspecified atom stereocenters. The number of rotatable bonds is 3. The summed E-state index contributed by atoms with van der Waals surface area (Å²) < 4.78 is 2.45. The van der Waals surface area contributed by atoms with Crippen LogP contribution >= 0.6 is 15.9 Å². The van der Waals surface area contributed by atoms with Gasteiger partial charge in [-0.3, -0.25) is 4.79 Å². The van der Waals surface area contributed by atoms with Crippen LogP contribution in [0.3, 0.4) is 0 Å². The Kier molecular flexibility index (Phi) is 3.80. The van der Waals surface area contributed by atoms with Gasteiger partial charge >= 0.3 is 5.97 Å². The molecule has 0 aliphatic heterocycles. The smallest absolute Gasteiger partial charge is 0.345 e. The van der Waals surface area contributed by atoms with Crippen LogP contribution in [-0.2, 0) is 9.53 Å². The number of hydrogen-bond donors (Lipinski definition) is 0. The van der Waals surface area contributed by atoms with Gasteiger partial charge in [-0.05, 0) is 15.9 Å². The molecule has 0 aliphatic rings. The first-order chi connectivity index (χ1) is 7.56. The fourth-order valence-corrected chi connectivity index (χ4v) is 1.51. The average molecular weight is 282 g/mol. The van der Waals surface area contributed by atoms with E-state index < -0.39 is 16.1 Å². The van der Waals surface area contributed by atoms with Crippen LogP contribution in [0.15, 0.2) is 30.3 Å². The molecule has 5 heteroatoms. The van der Waals surface area contributed by atoms with E-state index in [-0.39, 0.29) is 5.56 Å². The lowest BCUT2D eigenvalue weighted by molar-refractivity contribution is -0.140. The number of carbonyl (C=O) groups is 2. The summed E-state index contributed by atoms with van der Waals surface area (Å²) in [4.78, 5) is 23.3. The third kappa shape index (κ3) is 2.12. The Balaban J connectivity index is 3.14. The van der Waals surface area contributed by atoms with E-state index in [1.807, 2.05) is 0 Å². The van der Waals surface area contributed by atoms with Crippen molar-refractivity contribution in [3.8, 4) is 6.07 Å². The second kappa shape index (κ2) is 4.90. The van der Waals surface area contributed by atoms with Gasteiger partial charge in [0.2, 0.25) is 5.78 Å². The first kappa shape index (κ1) is 12.4. The van der Waals surface area contributed by atoms with E-state index in [0.717, 1.165) is 7.11 Å². The number of carbonyl (C=O) groups excluding carboxylic acids is 2. The number of halogens is 1. The van der Waals surface area contributed by atoms with Crippen molar-refractivity contribution in [1.82, 2.24) is 0 Å². The zero-order chi connectivity index (χ0) is 12.2. The summed E-state index contributed by atoms with van der Waals surface area (Å²) in [6.45, 7) is 0. The molecule has 1 aromatic carbocycles. The van der Waals surface area contributed by atoms with E-state index in [2.05, 4.69) is 20.7 Å². The largest absolute Gasteiger partial charge is 0.467 e. The predicted molar refractivity (Wildman–Crippen MR) is 60.1 cm³/mol. The summed E-state index contributed by atoms with van der Waals surface area (Å²) in [6.07, 6.45) is 0. The summed E-state index contributed by atoms with van der Waals surface area (Å²) in [7, 11) is 1.12. The van der Waals surface area contributed by atoms with Crippen LogP contribution in [0.2, 0.25) is 0 Å². The van der Waals surface area contributed by atoms with Gasteiger partial charge in [-0.25, -0.2) is 4.79 Å². The van der Waals surface area contributed by atoms with Crippen molar-refractivity contribution >= 4 is 27.7 Å². The average Bonchev–Trinajstić information content (AvgIpc) is 2.36. The highest BCUT2D eigenvalue weighted by Gasteiger charge is 2.45. The Hall–Kier alpha value is -1.67. The van der Waals surface area contributed by atoms with Gasteiger partial charge in [-0.1, -0.05) is 30.3 Å². The SMILES string of the molecule is COC(=O)C(Br)(C#N)C(=O)c1ccccc1. The van der Waals surface area contributed by atoms with Crippen molar-refractivity contribution < 1.29 is 14.3 Å². The van der Waals surface area contributed by atoms with Crippen molar-refractivity contribution in [2.45, 2.75) is 4.32 Å². The van der Waals surface area contributed by atoms with Crippen LogP contribution in [0.4, 0.5) is 0 Å². The molecule has 0 N–H and O–H groups in total. The van der Waals surface area contributed by atoms with Gasteiger partial charge in [0.25, 0.3) is 4.32 Å². The van der Waals surface area contributed by atoms with Crippen molar-refractivity contribution in [2.75, 3.05) is 7.11 Å². The van der Waals surface area contributed by atoms with E-state index in [0.29, 0.717) is 0 Å². The quantitative estimate of drug-likeness (QED) is 0.366. The summed E-state index contributed by atoms with van der Waals surface area (Å²) in [6, 6.07) is 9.70. The van der Waals surface area contributed by atoms with Crippen LogP contribution in [0, 0.1) is 11.3 Å². The van der Waals surface area contributed by atoms with Crippen LogP contribution < -0.4 is 0 Å². The van der Waals surface area contributed by atoms with Crippen molar-refractivity contribution in [3.05, 3.63) is 35.9 Å². The summed E-state index contributed by atoms with van der Waals surface area (Å²) in [5, 5.41) is 8.90. The second-order valence-electron chi connectivity index (χ2n) is 2.96. The number of ether oxygens (including phenoxy) is 1. The molecule has 0 radical (unpaired) electrons. The highest BCUT2D eigenvalue weighted by atomic mass is 79.9. The van der Waals surface area contributed by atoms with Gasteiger partial charge in [0.05, 0.1) is 7.11 Å². The second-order valence-corrected chi connectivity index (χ2v) is 4.15. The lowest BCUT2D eigenvalue weighted by Gasteiger charge is -2.14. The van der Waals surface area contributed by atoms with E-state index in [1.54, 1.807) is 24.3 Å². The molecule has 0 fully saturated rings. The molecular weight excluding hydrogens is 274 g/mol. The fourth-order valence-electron chi connectivity index (χ4n) is 1.12. The monoisotopic (exact) mass is 281 g/mol. The van der Waals surface area contributed by atoms with E-state index in [1.165, 1.54) is 12.1 Å². The number of nitrogens with zero attached hydrogens (tertiary/aromatic N) is 1. The Morgan fingerprint density at radius 1 is 1.38 bits per heavy atom. The lowest BCUT2D eigenvalue weighted by Crippen LogP contribution is -2.40. The van der Waals surface area contributed by atoms with Crippen molar-refractivity contribution in [2.24, 2.45) is 0 Å². The number of nitriles is 1. The molecule has 1 rings (SSSR count). The standard InChI is InChI=1S/C11H8BrNO3/c1-16-10(15)11(12,7-13)9(14)8-5-3-2-4-6-8/h2-6H,1H3. The van der Waals surface area contributed by atoms with Gasteiger partial charge < -0.3 is 4.74 Å². The van der Waals surface area contributed by atoms with Crippen LogP contribution in [-0.4, -0.2) is 23.2 Å². The highest BCUT2D eigenvalue weighted by molar-refractivity contribution is 9.10. The Morgan fingerprint density at radius 3 is 2.38 bits per heavy atom. The van der Waals surface area contributed by atoms with Gasteiger partial charge in [0.1, 0.15) is 6.07 Å². The minimum atomic E-state index is -1.97. The topological polar surface area (TPSA) is 67.2 Å². The zero-order valence-electron chi connectivity index (χ0n) is 8.44. The summed E-state index contributed by atoms with van der Waals surface area (Å²) in [5.74, 6) is -1.56. The maximum absolute atomic E-state index is 11.9. The summed E-state index contributed by atoms with van der Waals surface area (Å²) in [5.41, 5.74) is 0.270. The Bertz CT molecular complexity index is 452. The van der Waals surface area contributed by atoms with E-state index in [9.17, 15) is 9.59 Å². The van der Waals surface area contributed by atoms with Gasteiger partial charge in [0.15, 0.2) is 0 Å². The number of esters is 1. The fraction of sp³-hybridized carbons (Fsp3) is 0.182. The number of methoxy groups -OCH3 is 1. The summed E-state index contributed by atoms with van der Waals surface area (Å²) >= 11 is 2.83. The zero-order valence-corrected chi connectivity index (χ0v) is 10.0. The molecule has 0 aromatic heterocycles. The first-order valence-corrected chi connectivity index (χ1v) is 5.14. The molecule has 0 bridgehead atoms. The molecule has 0 spiro atoms. The molecular formula is C11H8BrNO3. The Morgan fingerprint density at radius 2 is 1.94 bits per heavy atom. The molecule has 0 aliphatic carbocycles. The van der Waals surface area contributed by atoms with E-state index >= 15 is 0 Å². The van der Waals surface area contributed by atoms with Crippen molar-refractivity contribution in [1.29, 1.82) is 5.26 Å². The van der Waals surface area contributed by atoms with Crippen molar-refractivity contribution in [3.63, 3.8) is 0 Å². The molecule has 1 atom stereocenters. The third-order valence-electron chi connectivity index (χ3n) is 1.97. The van der Waals surface area contributed by atoms with Crippen LogP contribution in [0.5, 0.6) is 0 Å². The normalized spacial score (nSPS) is 13.3. The number of ketones is 1. The number of alkyl halides is 1. The van der Waals surface area contributed by atoms with Crippen LogP contribution in [0.25, 0.3) is 0 Å². The van der Waals surface area contributed by atoms with E-state index in [4.69, 9.17) is 5.26 Å². The molecule has 0 heterocycles. The molecule has 0 saturated heterocycles. The highest BCUT2D eigenvalue weighted by Crippen LogP contribution is 2.24.